The fraction of sp³-hybridized carbons (Fsp3) is 0.667. The van der Waals surface area contributed by atoms with Gasteiger partial charge in [0.15, 0.2) is 0 Å². The zero-order valence-electron chi connectivity index (χ0n) is 16.6. The van der Waals surface area contributed by atoms with Gasteiger partial charge in [0.25, 0.3) is 0 Å². The zero-order chi connectivity index (χ0) is 19.3. The van der Waals surface area contributed by atoms with Crippen LogP contribution in [0.15, 0.2) is 27.1 Å². The summed E-state index contributed by atoms with van der Waals surface area (Å²) in [5.41, 5.74) is 3.52. The maximum Gasteiger partial charge on any atom is 0.145 e. The molecule has 5 atom stereocenters. The van der Waals surface area contributed by atoms with E-state index in [-0.39, 0.29) is 16.3 Å². The Kier molecular flexibility index (Phi) is 5.55. The quantitative estimate of drug-likeness (QED) is 0.624. The first kappa shape index (κ1) is 20.2. The fourth-order valence-corrected chi connectivity index (χ4v) is 6.03. The Morgan fingerprint density at radius 1 is 1.23 bits per heavy atom. The predicted molar refractivity (Wildman–Crippen MR) is 113 cm³/mol. The first-order valence-corrected chi connectivity index (χ1v) is 11.3. The first-order chi connectivity index (χ1) is 12.1. The van der Waals surface area contributed by atoms with Gasteiger partial charge in [-0.25, -0.2) is 4.21 Å². The largest absolute Gasteiger partial charge is 0.381 e. The summed E-state index contributed by atoms with van der Waals surface area (Å²) >= 11 is 3.60. The highest BCUT2D eigenvalue weighted by Gasteiger charge is 2.50. The van der Waals surface area contributed by atoms with Crippen molar-refractivity contribution in [2.75, 3.05) is 7.11 Å². The van der Waals surface area contributed by atoms with Crippen molar-refractivity contribution in [1.29, 1.82) is 0 Å². The van der Waals surface area contributed by atoms with Gasteiger partial charge < -0.3 is 4.74 Å². The molecule has 1 aromatic carbocycles. The smallest absolute Gasteiger partial charge is 0.145 e. The van der Waals surface area contributed by atoms with Crippen molar-refractivity contribution in [1.82, 2.24) is 0 Å². The molecule has 0 radical (unpaired) electrons. The Bertz CT molecular complexity index is 741. The molecule has 0 N–H and O–H groups in total. The molecule has 144 valence electrons. The third-order valence-corrected chi connectivity index (χ3v) is 7.76. The molecule has 1 saturated carbocycles. The lowest BCUT2D eigenvalue weighted by Crippen LogP contribution is -2.45. The first-order valence-electron chi connectivity index (χ1n) is 9.40. The summed E-state index contributed by atoms with van der Waals surface area (Å²) < 4.78 is 24.2. The van der Waals surface area contributed by atoms with E-state index in [0.717, 1.165) is 29.4 Å². The van der Waals surface area contributed by atoms with Crippen LogP contribution in [0.25, 0.3) is 0 Å². The van der Waals surface area contributed by atoms with Gasteiger partial charge in [-0.1, -0.05) is 35.8 Å². The molecule has 1 fully saturated rings. The average molecular weight is 440 g/mol. The number of rotatable bonds is 2. The SMILES string of the molecule is COC1[C@H](C)CC2(Cc3ccc(Br)cc3C2=NS(=O)C(C)(C)C)C[C@@H]1C. The van der Waals surface area contributed by atoms with Gasteiger partial charge in [-0.2, -0.15) is 4.40 Å². The Balaban J connectivity index is 2.10. The van der Waals surface area contributed by atoms with Crippen molar-refractivity contribution in [2.24, 2.45) is 21.6 Å². The molecular formula is C21H30BrNO2S. The number of ether oxygens (including phenoxy) is 1. The van der Waals surface area contributed by atoms with Crippen molar-refractivity contribution >= 4 is 32.6 Å². The molecule has 26 heavy (non-hydrogen) atoms. The maximum absolute atomic E-state index is 12.9. The van der Waals surface area contributed by atoms with Gasteiger partial charge in [0.2, 0.25) is 0 Å². The van der Waals surface area contributed by atoms with Crippen LogP contribution in [0, 0.1) is 17.3 Å². The molecule has 2 aliphatic carbocycles. The highest BCUT2D eigenvalue weighted by Crippen LogP contribution is 2.52. The van der Waals surface area contributed by atoms with Crippen LogP contribution < -0.4 is 0 Å². The van der Waals surface area contributed by atoms with E-state index in [2.05, 4.69) is 48.0 Å². The van der Waals surface area contributed by atoms with Crippen molar-refractivity contribution < 1.29 is 8.95 Å². The van der Waals surface area contributed by atoms with E-state index >= 15 is 0 Å². The molecule has 3 nitrogen and oxygen atoms in total. The number of halogens is 1. The average Bonchev–Trinajstić information content (AvgIpc) is 2.79. The third-order valence-electron chi connectivity index (χ3n) is 5.88. The van der Waals surface area contributed by atoms with E-state index in [1.54, 1.807) is 0 Å². The van der Waals surface area contributed by atoms with Crippen molar-refractivity contribution in [3.05, 3.63) is 33.8 Å². The number of nitrogens with zero attached hydrogens (tertiary/aromatic N) is 1. The van der Waals surface area contributed by atoms with Crippen LogP contribution in [0.3, 0.4) is 0 Å². The molecule has 0 saturated heterocycles. The number of benzene rings is 1. The second kappa shape index (κ2) is 7.14. The van der Waals surface area contributed by atoms with E-state index in [9.17, 15) is 4.21 Å². The monoisotopic (exact) mass is 439 g/mol. The van der Waals surface area contributed by atoms with Gasteiger partial charge in [-0.05, 0) is 69.6 Å². The van der Waals surface area contributed by atoms with Gasteiger partial charge in [0.1, 0.15) is 11.0 Å². The number of fused-ring (bicyclic) bond motifs is 1. The van der Waals surface area contributed by atoms with Crippen LogP contribution in [-0.2, 0) is 22.1 Å². The minimum Gasteiger partial charge on any atom is -0.381 e. The Morgan fingerprint density at radius 2 is 1.85 bits per heavy atom. The Labute approximate surface area is 168 Å². The van der Waals surface area contributed by atoms with E-state index in [4.69, 9.17) is 9.13 Å². The Hall–Kier alpha value is -0.520. The van der Waals surface area contributed by atoms with E-state index in [1.807, 2.05) is 27.9 Å². The number of hydrogen-bond acceptors (Lipinski definition) is 2. The summed E-state index contributed by atoms with van der Waals surface area (Å²) in [6, 6.07) is 6.45. The third kappa shape index (κ3) is 3.59. The highest BCUT2D eigenvalue weighted by atomic mass is 79.9. The van der Waals surface area contributed by atoms with E-state index in [0.29, 0.717) is 11.8 Å². The molecule has 0 aromatic heterocycles. The highest BCUT2D eigenvalue weighted by molar-refractivity contribution is 9.10. The van der Waals surface area contributed by atoms with Crippen LogP contribution >= 0.6 is 15.9 Å². The van der Waals surface area contributed by atoms with Gasteiger partial charge in [-0.3, -0.25) is 0 Å². The lowest BCUT2D eigenvalue weighted by atomic mass is 9.63. The standard InChI is InChI=1S/C21H30BrNO2S/c1-13-10-21(11-14(2)18(13)25-6)12-15-7-8-16(22)9-17(15)19(21)23-26(24)20(3,4)5/h7-9,13-14,18H,10-12H2,1-6H3/t13-,14+,18?,21?,26?. The molecule has 1 spiro atoms. The van der Waals surface area contributed by atoms with Crippen LogP contribution in [-0.4, -0.2) is 27.9 Å². The summed E-state index contributed by atoms with van der Waals surface area (Å²) in [6.45, 7) is 10.5. The molecule has 3 unspecified atom stereocenters. The van der Waals surface area contributed by atoms with Crippen LogP contribution in [0.1, 0.15) is 58.6 Å². The summed E-state index contributed by atoms with van der Waals surface area (Å²) in [5, 5.41) is 0. The van der Waals surface area contributed by atoms with Gasteiger partial charge in [-0.15, -0.1) is 0 Å². The molecule has 1 aromatic rings. The summed E-state index contributed by atoms with van der Waals surface area (Å²) in [4.78, 5) is 0. The van der Waals surface area contributed by atoms with Gasteiger partial charge in [0.05, 0.1) is 16.6 Å². The summed E-state index contributed by atoms with van der Waals surface area (Å²) in [7, 11) is 0.559. The predicted octanol–water partition coefficient (Wildman–Crippen LogP) is 5.32. The van der Waals surface area contributed by atoms with Crippen LogP contribution in [0.5, 0.6) is 0 Å². The van der Waals surface area contributed by atoms with E-state index < -0.39 is 11.0 Å². The number of hydrogen-bond donors (Lipinski definition) is 0. The van der Waals surface area contributed by atoms with Crippen LogP contribution in [0.4, 0.5) is 0 Å². The van der Waals surface area contributed by atoms with Crippen molar-refractivity contribution in [3.63, 3.8) is 0 Å². The summed E-state index contributed by atoms with van der Waals surface area (Å²) in [5.74, 6) is 0.907. The molecule has 0 bridgehead atoms. The van der Waals surface area contributed by atoms with Crippen molar-refractivity contribution in [3.8, 4) is 0 Å². The van der Waals surface area contributed by atoms with Crippen molar-refractivity contribution in [2.45, 2.75) is 64.7 Å². The second-order valence-corrected chi connectivity index (χ2v) is 11.9. The molecule has 2 aliphatic rings. The molecule has 5 heteroatoms. The Morgan fingerprint density at radius 3 is 2.38 bits per heavy atom. The molecule has 0 heterocycles. The maximum atomic E-state index is 12.9. The number of methoxy groups -OCH3 is 1. The minimum atomic E-state index is -1.26. The molecular weight excluding hydrogens is 410 g/mol. The zero-order valence-corrected chi connectivity index (χ0v) is 19.0. The summed E-state index contributed by atoms with van der Waals surface area (Å²) in [6.07, 6.45) is 3.33. The normalized spacial score (nSPS) is 34.3. The lowest BCUT2D eigenvalue weighted by molar-refractivity contribution is -0.0342. The van der Waals surface area contributed by atoms with Gasteiger partial charge >= 0.3 is 0 Å². The molecule has 0 aliphatic heterocycles. The lowest BCUT2D eigenvalue weighted by Gasteiger charge is -2.45. The van der Waals surface area contributed by atoms with E-state index in [1.165, 1.54) is 11.1 Å². The second-order valence-electron chi connectivity index (χ2n) is 9.12. The minimum absolute atomic E-state index is 0.0299. The van der Waals surface area contributed by atoms with Gasteiger partial charge in [0, 0.05) is 22.6 Å². The topological polar surface area (TPSA) is 38.7 Å². The molecule has 3 rings (SSSR count). The van der Waals surface area contributed by atoms with Crippen LogP contribution in [0.2, 0.25) is 0 Å². The fourth-order valence-electron chi connectivity index (χ4n) is 4.93. The molecule has 0 amide bonds.